The van der Waals surface area contributed by atoms with Crippen molar-refractivity contribution in [3.05, 3.63) is 29.6 Å². The van der Waals surface area contributed by atoms with Gasteiger partial charge in [0.25, 0.3) is 0 Å². The van der Waals surface area contributed by atoms with E-state index < -0.39 is 0 Å². The molecule has 0 radical (unpaired) electrons. The van der Waals surface area contributed by atoms with Crippen LogP contribution in [0.2, 0.25) is 0 Å². The molecule has 0 unspecified atom stereocenters. The van der Waals surface area contributed by atoms with Crippen molar-refractivity contribution in [3.8, 4) is 0 Å². The van der Waals surface area contributed by atoms with Crippen LogP contribution in [-0.2, 0) is 0 Å². The minimum Gasteiger partial charge on any atom is -0.409 e. The second-order valence-corrected chi connectivity index (χ2v) is 4.88. The van der Waals surface area contributed by atoms with E-state index in [2.05, 4.69) is 10.1 Å². The molecule has 1 aromatic carbocycles. The third-order valence-electron chi connectivity index (χ3n) is 3.77. The average molecular weight is 265 g/mol. The number of benzene rings is 1. The Balaban J connectivity index is 2.28. The van der Waals surface area contributed by atoms with Crippen molar-refractivity contribution in [3.63, 3.8) is 0 Å². The zero-order valence-corrected chi connectivity index (χ0v) is 11.1. The van der Waals surface area contributed by atoms with Gasteiger partial charge in [0, 0.05) is 18.2 Å². The standard InChI is InChI=1S/C14H20FN3O/c1-2-18(11-5-3-4-6-11)13-8-7-10(9-12(13)15)14(16)17-19/h7-9,11,19H,2-6H2,1H3,(H2,16,17). The van der Waals surface area contributed by atoms with Crippen LogP contribution in [0.25, 0.3) is 0 Å². The monoisotopic (exact) mass is 265 g/mol. The van der Waals surface area contributed by atoms with E-state index in [1.807, 2.05) is 6.92 Å². The first-order chi connectivity index (χ1) is 9.17. The van der Waals surface area contributed by atoms with Crippen molar-refractivity contribution >= 4 is 11.5 Å². The molecular formula is C14H20FN3O. The van der Waals surface area contributed by atoms with Crippen LogP contribution in [0.4, 0.5) is 10.1 Å². The summed E-state index contributed by atoms with van der Waals surface area (Å²) in [4.78, 5) is 2.11. The Morgan fingerprint density at radius 3 is 2.68 bits per heavy atom. The average Bonchev–Trinajstić information content (AvgIpc) is 2.94. The number of rotatable bonds is 4. The predicted molar refractivity (Wildman–Crippen MR) is 74.2 cm³/mol. The van der Waals surface area contributed by atoms with Crippen LogP contribution in [0.15, 0.2) is 23.4 Å². The summed E-state index contributed by atoms with van der Waals surface area (Å²) >= 11 is 0. The Hall–Kier alpha value is -1.78. The van der Waals surface area contributed by atoms with Gasteiger partial charge in [-0.2, -0.15) is 0 Å². The lowest BCUT2D eigenvalue weighted by atomic mass is 10.1. The summed E-state index contributed by atoms with van der Waals surface area (Å²) < 4.78 is 14.2. The van der Waals surface area contributed by atoms with Crippen molar-refractivity contribution in [2.24, 2.45) is 10.9 Å². The number of halogens is 1. The molecule has 0 amide bonds. The summed E-state index contributed by atoms with van der Waals surface area (Å²) in [5, 5.41) is 11.5. The van der Waals surface area contributed by atoms with Crippen LogP contribution < -0.4 is 10.6 Å². The molecule has 1 aliphatic carbocycles. The molecule has 104 valence electrons. The van der Waals surface area contributed by atoms with E-state index in [4.69, 9.17) is 10.9 Å². The Labute approximate surface area is 112 Å². The molecule has 1 aliphatic rings. The molecule has 1 saturated carbocycles. The lowest BCUT2D eigenvalue weighted by Crippen LogP contribution is -2.33. The minimum atomic E-state index is -0.321. The zero-order chi connectivity index (χ0) is 13.8. The second kappa shape index (κ2) is 5.91. The summed E-state index contributed by atoms with van der Waals surface area (Å²) in [7, 11) is 0. The molecule has 2 rings (SSSR count). The summed E-state index contributed by atoms with van der Waals surface area (Å²) in [6.07, 6.45) is 4.67. The molecule has 3 N–H and O–H groups in total. The van der Waals surface area contributed by atoms with Crippen LogP contribution in [0.5, 0.6) is 0 Å². The van der Waals surface area contributed by atoms with Gasteiger partial charge in [-0.15, -0.1) is 0 Å². The van der Waals surface area contributed by atoms with Gasteiger partial charge in [0.2, 0.25) is 0 Å². The van der Waals surface area contributed by atoms with E-state index in [-0.39, 0.29) is 11.7 Å². The first kappa shape index (κ1) is 13.6. The van der Waals surface area contributed by atoms with Crippen LogP contribution in [0, 0.1) is 5.82 Å². The molecule has 5 heteroatoms. The fourth-order valence-corrected chi connectivity index (χ4v) is 2.80. The molecule has 0 aromatic heterocycles. The summed E-state index contributed by atoms with van der Waals surface area (Å²) in [5.41, 5.74) is 6.46. The topological polar surface area (TPSA) is 61.8 Å². The maximum Gasteiger partial charge on any atom is 0.170 e. The fourth-order valence-electron chi connectivity index (χ4n) is 2.80. The highest BCUT2D eigenvalue weighted by atomic mass is 19.1. The lowest BCUT2D eigenvalue weighted by molar-refractivity contribution is 0.318. The van der Waals surface area contributed by atoms with Gasteiger partial charge in [-0.05, 0) is 38.0 Å². The largest absolute Gasteiger partial charge is 0.409 e. The summed E-state index contributed by atoms with van der Waals surface area (Å²) in [5.74, 6) is -0.396. The number of nitrogens with two attached hydrogens (primary N) is 1. The summed E-state index contributed by atoms with van der Waals surface area (Å²) in [6.45, 7) is 2.82. The van der Waals surface area contributed by atoms with Gasteiger partial charge in [-0.25, -0.2) is 4.39 Å². The number of hydrogen-bond acceptors (Lipinski definition) is 3. The molecule has 0 saturated heterocycles. The number of oxime groups is 1. The van der Waals surface area contributed by atoms with E-state index in [1.165, 1.54) is 18.9 Å². The molecule has 0 aliphatic heterocycles. The maximum absolute atomic E-state index is 14.2. The highest BCUT2D eigenvalue weighted by Crippen LogP contribution is 2.30. The summed E-state index contributed by atoms with van der Waals surface area (Å²) in [6, 6.07) is 5.15. The SMILES string of the molecule is CCN(c1ccc(/C(N)=N/O)cc1F)C1CCCC1. The third-order valence-corrected chi connectivity index (χ3v) is 3.77. The molecule has 0 spiro atoms. The number of amidine groups is 1. The Morgan fingerprint density at radius 1 is 1.47 bits per heavy atom. The van der Waals surface area contributed by atoms with E-state index in [1.54, 1.807) is 12.1 Å². The van der Waals surface area contributed by atoms with Gasteiger partial charge in [0.15, 0.2) is 5.84 Å². The Bertz CT molecular complexity index is 470. The van der Waals surface area contributed by atoms with Crippen molar-refractivity contribution in [2.45, 2.75) is 38.6 Å². The van der Waals surface area contributed by atoms with Crippen molar-refractivity contribution in [1.82, 2.24) is 0 Å². The molecule has 1 aromatic rings. The first-order valence-corrected chi connectivity index (χ1v) is 6.71. The van der Waals surface area contributed by atoms with Crippen LogP contribution in [-0.4, -0.2) is 23.6 Å². The number of hydrogen-bond donors (Lipinski definition) is 2. The molecular weight excluding hydrogens is 245 g/mol. The predicted octanol–water partition coefficient (Wildman–Crippen LogP) is 2.69. The van der Waals surface area contributed by atoms with Crippen molar-refractivity contribution < 1.29 is 9.60 Å². The van der Waals surface area contributed by atoms with Gasteiger partial charge in [-0.1, -0.05) is 18.0 Å². The third kappa shape index (κ3) is 2.80. The highest BCUT2D eigenvalue weighted by Gasteiger charge is 2.23. The Kier molecular flexibility index (Phi) is 4.24. The molecule has 0 bridgehead atoms. The Morgan fingerprint density at radius 2 is 2.16 bits per heavy atom. The van der Waals surface area contributed by atoms with Crippen molar-refractivity contribution in [1.29, 1.82) is 0 Å². The van der Waals surface area contributed by atoms with Gasteiger partial charge in [-0.3, -0.25) is 0 Å². The second-order valence-electron chi connectivity index (χ2n) is 4.88. The lowest BCUT2D eigenvalue weighted by Gasteiger charge is -2.30. The van der Waals surface area contributed by atoms with Gasteiger partial charge >= 0.3 is 0 Å². The van der Waals surface area contributed by atoms with Crippen LogP contribution in [0.3, 0.4) is 0 Å². The molecule has 1 fully saturated rings. The van der Waals surface area contributed by atoms with E-state index in [9.17, 15) is 4.39 Å². The van der Waals surface area contributed by atoms with Crippen LogP contribution in [0.1, 0.15) is 38.2 Å². The van der Waals surface area contributed by atoms with E-state index in [0.29, 0.717) is 17.3 Å². The maximum atomic E-state index is 14.2. The van der Waals surface area contributed by atoms with E-state index >= 15 is 0 Å². The van der Waals surface area contributed by atoms with Gasteiger partial charge in [0.05, 0.1) is 5.69 Å². The van der Waals surface area contributed by atoms with Gasteiger partial charge in [0.1, 0.15) is 5.82 Å². The molecule has 4 nitrogen and oxygen atoms in total. The van der Waals surface area contributed by atoms with Gasteiger partial charge < -0.3 is 15.8 Å². The highest BCUT2D eigenvalue weighted by molar-refractivity contribution is 5.97. The number of anilines is 1. The fraction of sp³-hybridized carbons (Fsp3) is 0.500. The number of nitrogens with zero attached hydrogens (tertiary/aromatic N) is 2. The zero-order valence-electron chi connectivity index (χ0n) is 11.1. The smallest absolute Gasteiger partial charge is 0.170 e. The normalized spacial score (nSPS) is 16.8. The molecule has 19 heavy (non-hydrogen) atoms. The van der Waals surface area contributed by atoms with Crippen molar-refractivity contribution in [2.75, 3.05) is 11.4 Å². The molecule has 0 atom stereocenters. The quantitative estimate of drug-likeness (QED) is 0.381. The minimum absolute atomic E-state index is 0.0747. The van der Waals surface area contributed by atoms with E-state index in [0.717, 1.165) is 19.4 Å². The first-order valence-electron chi connectivity index (χ1n) is 6.71. The molecule has 0 heterocycles. The van der Waals surface area contributed by atoms with Crippen LogP contribution >= 0.6 is 0 Å².